The molecule has 0 N–H and O–H groups in total. The van der Waals surface area contributed by atoms with E-state index in [-0.39, 0.29) is 6.29 Å². The maximum Gasteiger partial charge on any atom is 0.183 e. The number of halogens is 1. The first-order chi connectivity index (χ1) is 8.55. The summed E-state index contributed by atoms with van der Waals surface area (Å²) in [7, 11) is -1.46. The highest BCUT2D eigenvalue weighted by Crippen LogP contribution is 2.18. The fourth-order valence-electron chi connectivity index (χ4n) is 1.71. The molecule has 0 aliphatic carbocycles. The van der Waals surface area contributed by atoms with Crippen LogP contribution in [0.3, 0.4) is 0 Å². The number of benzene rings is 1. The first kappa shape index (κ1) is 15.7. The third-order valence-corrected chi connectivity index (χ3v) is 7.50. The summed E-state index contributed by atoms with van der Waals surface area (Å²) < 4.78 is 11.2. The van der Waals surface area contributed by atoms with Crippen molar-refractivity contribution in [2.45, 2.75) is 33.2 Å². The zero-order valence-electron chi connectivity index (χ0n) is 11.7. The zero-order chi connectivity index (χ0) is 13.6. The lowest BCUT2D eigenvalue weighted by Gasteiger charge is -2.21. The fraction of sp³-hybridized carbons (Fsp3) is 0.571. The van der Waals surface area contributed by atoms with E-state index in [0.29, 0.717) is 13.2 Å². The van der Waals surface area contributed by atoms with Gasteiger partial charge >= 0.3 is 0 Å². The summed E-state index contributed by atoms with van der Waals surface area (Å²) in [4.78, 5) is 0. The molecule has 0 fully saturated rings. The quantitative estimate of drug-likeness (QED) is 0.434. The Hall–Kier alpha value is -0.353. The smallest absolute Gasteiger partial charge is 0.183 e. The number of alkyl halides is 1. The Balaban J connectivity index is 2.86. The normalized spacial score (nSPS) is 12.1. The van der Waals surface area contributed by atoms with Gasteiger partial charge in [-0.1, -0.05) is 42.5 Å². The lowest BCUT2D eigenvalue weighted by atomic mass is 10.2. The molecule has 18 heavy (non-hydrogen) atoms. The minimum atomic E-state index is -1.46. The number of hydrogen-bond donors (Lipinski definition) is 0. The van der Waals surface area contributed by atoms with E-state index in [9.17, 15) is 0 Å². The van der Waals surface area contributed by atoms with Crippen LogP contribution < -0.4 is 5.19 Å². The predicted octanol–water partition coefficient (Wildman–Crippen LogP) is 3.45. The molecule has 0 bridgehead atoms. The van der Waals surface area contributed by atoms with Crippen LogP contribution in [0, 0.1) is 0 Å². The molecule has 0 saturated carbocycles. The highest BCUT2D eigenvalue weighted by molar-refractivity contribution is 6.94. The SMILES string of the molecule is CCOC(OCC)c1ccc([Si](C)(C)CCl)cc1. The highest BCUT2D eigenvalue weighted by Gasteiger charge is 2.22. The highest BCUT2D eigenvalue weighted by atomic mass is 35.5. The molecule has 0 unspecified atom stereocenters. The molecule has 0 aromatic heterocycles. The molecule has 0 heterocycles. The van der Waals surface area contributed by atoms with Crippen LogP contribution in [-0.4, -0.2) is 26.8 Å². The second kappa shape index (κ2) is 7.29. The molecule has 0 aliphatic heterocycles. The van der Waals surface area contributed by atoms with Crippen LogP contribution in [0.5, 0.6) is 0 Å². The van der Waals surface area contributed by atoms with E-state index >= 15 is 0 Å². The maximum absolute atomic E-state index is 6.04. The van der Waals surface area contributed by atoms with Crippen molar-refractivity contribution in [2.24, 2.45) is 0 Å². The van der Waals surface area contributed by atoms with Crippen LogP contribution in [0.2, 0.25) is 13.1 Å². The molecule has 2 nitrogen and oxygen atoms in total. The summed E-state index contributed by atoms with van der Waals surface area (Å²) in [5.41, 5.74) is 1.81. The Morgan fingerprint density at radius 2 is 1.56 bits per heavy atom. The van der Waals surface area contributed by atoms with Gasteiger partial charge < -0.3 is 9.47 Å². The van der Waals surface area contributed by atoms with Gasteiger partial charge in [0.25, 0.3) is 0 Å². The van der Waals surface area contributed by atoms with Crippen molar-refractivity contribution in [3.8, 4) is 0 Å². The van der Waals surface area contributed by atoms with Gasteiger partial charge in [-0.15, -0.1) is 11.6 Å². The van der Waals surface area contributed by atoms with Gasteiger partial charge in [-0.3, -0.25) is 0 Å². The Labute approximate surface area is 116 Å². The molecule has 0 saturated heterocycles. The second-order valence-electron chi connectivity index (χ2n) is 4.88. The summed E-state index contributed by atoms with van der Waals surface area (Å²) in [6.07, 6.45) is -0.255. The summed E-state index contributed by atoms with van der Waals surface area (Å²) in [5, 5.41) is 1.37. The monoisotopic (exact) mass is 286 g/mol. The van der Waals surface area contributed by atoms with Gasteiger partial charge in [0, 0.05) is 24.3 Å². The van der Waals surface area contributed by atoms with Crippen molar-refractivity contribution in [1.82, 2.24) is 0 Å². The molecule has 4 heteroatoms. The molecule has 0 spiro atoms. The Kier molecular flexibility index (Phi) is 6.36. The number of rotatable bonds is 7. The van der Waals surface area contributed by atoms with Gasteiger partial charge in [-0.05, 0) is 13.8 Å². The standard InChI is InChI=1S/C14H23ClO2Si/c1-5-16-14(17-6-2)12-7-9-13(10-8-12)18(3,4)11-15/h7-10,14H,5-6,11H2,1-4H3. The second-order valence-corrected chi connectivity index (χ2v) is 10.3. The topological polar surface area (TPSA) is 18.5 Å². The summed E-state index contributed by atoms with van der Waals surface area (Å²) >= 11 is 6.04. The molecular weight excluding hydrogens is 264 g/mol. The molecule has 0 aliphatic rings. The minimum Gasteiger partial charge on any atom is -0.349 e. The lowest BCUT2D eigenvalue weighted by molar-refractivity contribution is -0.140. The third-order valence-electron chi connectivity index (χ3n) is 2.93. The molecule has 0 radical (unpaired) electrons. The Bertz CT molecular complexity index is 345. The Morgan fingerprint density at radius 1 is 1.06 bits per heavy atom. The first-order valence-corrected chi connectivity index (χ1v) is 10.2. The van der Waals surface area contributed by atoms with Gasteiger partial charge in [0.05, 0.1) is 8.07 Å². The van der Waals surface area contributed by atoms with Crippen molar-refractivity contribution in [3.63, 3.8) is 0 Å². The molecular formula is C14H23ClO2Si. The van der Waals surface area contributed by atoms with Gasteiger partial charge in [0.15, 0.2) is 6.29 Å². The van der Waals surface area contributed by atoms with E-state index in [0.717, 1.165) is 11.1 Å². The van der Waals surface area contributed by atoms with Crippen molar-refractivity contribution >= 4 is 24.9 Å². The predicted molar refractivity (Wildman–Crippen MR) is 80.3 cm³/mol. The first-order valence-electron chi connectivity index (χ1n) is 6.44. The van der Waals surface area contributed by atoms with Gasteiger partial charge in [0.1, 0.15) is 0 Å². The van der Waals surface area contributed by atoms with Gasteiger partial charge in [-0.2, -0.15) is 0 Å². The van der Waals surface area contributed by atoms with Crippen LogP contribution in [0.1, 0.15) is 25.7 Å². The largest absolute Gasteiger partial charge is 0.349 e. The van der Waals surface area contributed by atoms with E-state index in [1.165, 1.54) is 5.19 Å². The Morgan fingerprint density at radius 3 is 1.94 bits per heavy atom. The summed E-state index contributed by atoms with van der Waals surface area (Å²) in [6, 6.07) is 8.50. The molecule has 1 aromatic rings. The van der Waals surface area contributed by atoms with Crippen LogP contribution in [0.15, 0.2) is 24.3 Å². The summed E-state index contributed by atoms with van der Waals surface area (Å²) in [5.74, 6) is 0. The van der Waals surface area contributed by atoms with E-state index in [1.54, 1.807) is 0 Å². The van der Waals surface area contributed by atoms with Crippen LogP contribution in [0.4, 0.5) is 0 Å². The van der Waals surface area contributed by atoms with E-state index in [2.05, 4.69) is 37.4 Å². The molecule has 1 aromatic carbocycles. The van der Waals surface area contributed by atoms with Crippen molar-refractivity contribution in [3.05, 3.63) is 29.8 Å². The average molecular weight is 287 g/mol. The minimum absolute atomic E-state index is 0.255. The van der Waals surface area contributed by atoms with E-state index in [1.807, 2.05) is 13.8 Å². The number of ether oxygens (including phenoxy) is 2. The van der Waals surface area contributed by atoms with E-state index < -0.39 is 8.07 Å². The maximum atomic E-state index is 6.04. The molecule has 0 atom stereocenters. The van der Waals surface area contributed by atoms with Crippen LogP contribution in [-0.2, 0) is 9.47 Å². The van der Waals surface area contributed by atoms with Crippen molar-refractivity contribution in [2.75, 3.05) is 18.7 Å². The van der Waals surface area contributed by atoms with Crippen LogP contribution in [0.25, 0.3) is 0 Å². The summed E-state index contributed by atoms with van der Waals surface area (Å²) in [6.45, 7) is 9.80. The molecule has 1 rings (SSSR count). The zero-order valence-corrected chi connectivity index (χ0v) is 13.5. The molecule has 0 amide bonds. The fourth-order valence-corrected chi connectivity index (χ4v) is 3.40. The number of hydrogen-bond acceptors (Lipinski definition) is 2. The van der Waals surface area contributed by atoms with Gasteiger partial charge in [0.2, 0.25) is 0 Å². The van der Waals surface area contributed by atoms with Gasteiger partial charge in [-0.25, -0.2) is 0 Å². The van der Waals surface area contributed by atoms with Crippen LogP contribution >= 0.6 is 11.6 Å². The molecule has 102 valence electrons. The third kappa shape index (κ3) is 4.09. The average Bonchev–Trinajstić information content (AvgIpc) is 2.39. The van der Waals surface area contributed by atoms with Crippen molar-refractivity contribution in [1.29, 1.82) is 0 Å². The van der Waals surface area contributed by atoms with E-state index in [4.69, 9.17) is 21.1 Å². The van der Waals surface area contributed by atoms with Crippen molar-refractivity contribution < 1.29 is 9.47 Å². The lowest BCUT2D eigenvalue weighted by Crippen LogP contribution is -2.43.